The highest BCUT2D eigenvalue weighted by molar-refractivity contribution is 5.41. The van der Waals surface area contributed by atoms with Crippen LogP contribution in [0.3, 0.4) is 0 Å². The molecule has 1 aliphatic rings. The molecule has 1 aliphatic heterocycles. The molecule has 0 radical (unpaired) electrons. The average molecular weight is 282 g/mol. The molecular weight excluding hydrogens is 259 g/mol. The highest BCUT2D eigenvalue weighted by Gasteiger charge is 2.27. The van der Waals surface area contributed by atoms with Crippen molar-refractivity contribution in [3.63, 3.8) is 0 Å². The van der Waals surface area contributed by atoms with Crippen LogP contribution in [0.1, 0.15) is 33.1 Å². The molecule has 1 fully saturated rings. The summed E-state index contributed by atoms with van der Waals surface area (Å²) in [4.78, 5) is 8.12. The topological polar surface area (TPSA) is 59.1 Å². The first-order valence-corrected chi connectivity index (χ1v) is 7.21. The van der Waals surface area contributed by atoms with Crippen LogP contribution in [0, 0.1) is 11.2 Å². The number of nitrogens with zero attached hydrogens (tertiary/aromatic N) is 2. The summed E-state index contributed by atoms with van der Waals surface area (Å²) in [7, 11) is 0. The lowest BCUT2D eigenvalue weighted by atomic mass is 9.82. The molecule has 2 N–H and O–H groups in total. The van der Waals surface area contributed by atoms with E-state index < -0.39 is 5.82 Å². The molecular formula is C14H23FN4O. The van der Waals surface area contributed by atoms with E-state index in [1.807, 2.05) is 0 Å². The number of ether oxygens (including phenoxy) is 1. The van der Waals surface area contributed by atoms with Crippen LogP contribution < -0.4 is 10.6 Å². The van der Waals surface area contributed by atoms with Gasteiger partial charge in [0.15, 0.2) is 11.6 Å². The third-order valence-corrected chi connectivity index (χ3v) is 3.66. The summed E-state index contributed by atoms with van der Waals surface area (Å²) in [6.07, 6.45) is 4.14. The van der Waals surface area contributed by atoms with Gasteiger partial charge in [-0.2, -0.15) is 4.98 Å². The Labute approximate surface area is 119 Å². The van der Waals surface area contributed by atoms with Gasteiger partial charge in [0.05, 0.1) is 6.20 Å². The highest BCUT2D eigenvalue weighted by atomic mass is 19.1. The maximum atomic E-state index is 13.7. The van der Waals surface area contributed by atoms with Crippen LogP contribution in [0.4, 0.5) is 16.2 Å². The van der Waals surface area contributed by atoms with Crippen molar-refractivity contribution in [3.8, 4) is 0 Å². The Morgan fingerprint density at radius 2 is 2.10 bits per heavy atom. The van der Waals surface area contributed by atoms with E-state index >= 15 is 0 Å². The average Bonchev–Trinajstić information content (AvgIpc) is 2.46. The second-order valence-corrected chi connectivity index (χ2v) is 5.59. The van der Waals surface area contributed by atoms with Crippen molar-refractivity contribution < 1.29 is 9.13 Å². The minimum Gasteiger partial charge on any atom is -0.381 e. The van der Waals surface area contributed by atoms with E-state index in [-0.39, 0.29) is 11.2 Å². The van der Waals surface area contributed by atoms with Gasteiger partial charge in [0.1, 0.15) is 0 Å². The lowest BCUT2D eigenvalue weighted by Gasteiger charge is -2.33. The van der Waals surface area contributed by atoms with Crippen molar-refractivity contribution in [2.45, 2.75) is 33.1 Å². The van der Waals surface area contributed by atoms with Crippen molar-refractivity contribution in [1.82, 2.24) is 9.97 Å². The zero-order chi connectivity index (χ0) is 14.4. The molecule has 0 unspecified atom stereocenters. The highest BCUT2D eigenvalue weighted by Crippen LogP contribution is 2.30. The standard InChI is InChI=1S/C14H23FN4O/c1-3-6-16-13-17-9-11(15)12(19-13)18-10-14(2)4-7-20-8-5-14/h9H,3-8,10H2,1-2H3,(H2,16,17,18,19). The Morgan fingerprint density at radius 3 is 2.80 bits per heavy atom. The van der Waals surface area contributed by atoms with Crippen LogP contribution in [0.15, 0.2) is 6.20 Å². The van der Waals surface area contributed by atoms with Gasteiger partial charge >= 0.3 is 0 Å². The normalized spacial score (nSPS) is 17.8. The molecule has 0 aliphatic carbocycles. The molecule has 20 heavy (non-hydrogen) atoms. The fourth-order valence-electron chi connectivity index (χ4n) is 2.15. The smallest absolute Gasteiger partial charge is 0.224 e. The summed E-state index contributed by atoms with van der Waals surface area (Å²) in [6.45, 7) is 7.26. The van der Waals surface area contributed by atoms with E-state index in [0.29, 0.717) is 12.5 Å². The van der Waals surface area contributed by atoms with Crippen LogP contribution in [0.5, 0.6) is 0 Å². The Bertz CT molecular complexity index is 435. The predicted molar refractivity (Wildman–Crippen MR) is 77.4 cm³/mol. The van der Waals surface area contributed by atoms with E-state index in [1.165, 1.54) is 6.20 Å². The maximum absolute atomic E-state index is 13.7. The number of nitrogens with one attached hydrogen (secondary N) is 2. The zero-order valence-corrected chi connectivity index (χ0v) is 12.2. The minimum atomic E-state index is -0.414. The molecule has 0 spiro atoms. The number of hydrogen-bond donors (Lipinski definition) is 2. The van der Waals surface area contributed by atoms with Gasteiger partial charge in [-0.3, -0.25) is 0 Å². The van der Waals surface area contributed by atoms with Crippen molar-refractivity contribution >= 4 is 11.8 Å². The van der Waals surface area contributed by atoms with Gasteiger partial charge in [-0.1, -0.05) is 13.8 Å². The quantitative estimate of drug-likeness (QED) is 0.840. The van der Waals surface area contributed by atoms with Crippen LogP contribution in [-0.4, -0.2) is 36.3 Å². The Balaban J connectivity index is 1.97. The van der Waals surface area contributed by atoms with Gasteiger partial charge in [0, 0.05) is 26.3 Å². The number of halogens is 1. The second kappa shape index (κ2) is 6.83. The third-order valence-electron chi connectivity index (χ3n) is 3.66. The van der Waals surface area contributed by atoms with E-state index in [9.17, 15) is 4.39 Å². The van der Waals surface area contributed by atoms with E-state index in [0.717, 1.165) is 39.0 Å². The zero-order valence-electron chi connectivity index (χ0n) is 12.2. The molecule has 1 saturated heterocycles. The van der Waals surface area contributed by atoms with Gasteiger partial charge in [-0.05, 0) is 24.7 Å². The predicted octanol–water partition coefficient (Wildman–Crippen LogP) is 2.67. The lowest BCUT2D eigenvalue weighted by Crippen LogP contribution is -2.33. The van der Waals surface area contributed by atoms with Crippen molar-refractivity contribution in [3.05, 3.63) is 12.0 Å². The van der Waals surface area contributed by atoms with Crippen molar-refractivity contribution in [1.29, 1.82) is 0 Å². The van der Waals surface area contributed by atoms with Crippen LogP contribution in [0.2, 0.25) is 0 Å². The third kappa shape index (κ3) is 4.03. The second-order valence-electron chi connectivity index (χ2n) is 5.59. The monoisotopic (exact) mass is 282 g/mol. The maximum Gasteiger partial charge on any atom is 0.224 e. The summed E-state index contributed by atoms with van der Waals surface area (Å²) >= 11 is 0. The van der Waals surface area contributed by atoms with E-state index in [4.69, 9.17) is 4.74 Å². The molecule has 112 valence electrons. The molecule has 0 atom stereocenters. The molecule has 2 heterocycles. The summed E-state index contributed by atoms with van der Waals surface area (Å²) in [6, 6.07) is 0. The van der Waals surface area contributed by atoms with Gasteiger partial charge in [-0.15, -0.1) is 0 Å². The molecule has 0 bridgehead atoms. The van der Waals surface area contributed by atoms with Gasteiger partial charge in [0.2, 0.25) is 5.95 Å². The van der Waals surface area contributed by atoms with E-state index in [1.54, 1.807) is 0 Å². The first-order valence-electron chi connectivity index (χ1n) is 7.21. The molecule has 5 nitrogen and oxygen atoms in total. The first-order chi connectivity index (χ1) is 9.63. The summed E-state index contributed by atoms with van der Waals surface area (Å²) in [5.41, 5.74) is 0.132. The fraction of sp³-hybridized carbons (Fsp3) is 0.714. The Hall–Kier alpha value is -1.43. The molecule has 6 heteroatoms. The minimum absolute atomic E-state index is 0.132. The van der Waals surface area contributed by atoms with Crippen LogP contribution >= 0.6 is 0 Å². The number of aromatic nitrogens is 2. The van der Waals surface area contributed by atoms with Crippen LogP contribution in [-0.2, 0) is 4.74 Å². The van der Waals surface area contributed by atoms with Crippen LogP contribution in [0.25, 0.3) is 0 Å². The molecule has 0 amide bonds. The SMILES string of the molecule is CCCNc1ncc(F)c(NCC2(C)CCOCC2)n1. The lowest BCUT2D eigenvalue weighted by molar-refractivity contribution is 0.0299. The van der Waals surface area contributed by atoms with Crippen molar-refractivity contribution in [2.75, 3.05) is 36.9 Å². The summed E-state index contributed by atoms with van der Waals surface area (Å²) in [5.74, 6) is 0.321. The molecule has 0 saturated carbocycles. The molecule has 1 aromatic rings. The fourth-order valence-corrected chi connectivity index (χ4v) is 2.15. The summed E-state index contributed by atoms with van der Waals surface area (Å²) < 4.78 is 19.1. The number of rotatable bonds is 6. The molecule has 2 rings (SSSR count). The first kappa shape index (κ1) is 15.0. The number of anilines is 2. The van der Waals surface area contributed by atoms with Crippen molar-refractivity contribution in [2.24, 2.45) is 5.41 Å². The van der Waals surface area contributed by atoms with Gasteiger partial charge in [0.25, 0.3) is 0 Å². The Kier molecular flexibility index (Phi) is 5.11. The Morgan fingerprint density at radius 1 is 1.35 bits per heavy atom. The van der Waals surface area contributed by atoms with Gasteiger partial charge < -0.3 is 15.4 Å². The van der Waals surface area contributed by atoms with E-state index in [2.05, 4.69) is 34.4 Å². The number of hydrogen-bond acceptors (Lipinski definition) is 5. The summed E-state index contributed by atoms with van der Waals surface area (Å²) in [5, 5.41) is 6.18. The molecule has 0 aromatic carbocycles. The molecule has 1 aromatic heterocycles. The van der Waals surface area contributed by atoms with Gasteiger partial charge in [-0.25, -0.2) is 9.37 Å². The largest absolute Gasteiger partial charge is 0.381 e.